The molecule has 6 rings (SSSR count). The Kier molecular flexibility index (Phi) is 7.30. The van der Waals surface area contributed by atoms with Gasteiger partial charge in [-0.05, 0) is 65.9 Å². The normalized spacial score (nSPS) is 19.2. The van der Waals surface area contributed by atoms with Crippen molar-refractivity contribution < 1.29 is 24.2 Å². The van der Waals surface area contributed by atoms with Gasteiger partial charge in [-0.15, -0.1) is 0 Å². The number of hydrogen-bond acceptors (Lipinski definition) is 5. The number of ether oxygens (including phenoxy) is 2. The quantitative estimate of drug-likeness (QED) is 0.161. The Balaban J connectivity index is 1.38. The van der Waals surface area contributed by atoms with Crippen LogP contribution in [0.15, 0.2) is 109 Å². The average Bonchev–Trinajstić information content (AvgIpc) is 3.50. The largest absolute Gasteiger partial charge is 0.507 e. The van der Waals surface area contributed by atoms with Gasteiger partial charge in [0.2, 0.25) is 0 Å². The zero-order valence-corrected chi connectivity index (χ0v) is 22.8. The molecule has 0 aromatic heterocycles. The highest BCUT2D eigenvalue weighted by Crippen LogP contribution is 2.41. The highest BCUT2D eigenvalue weighted by atomic mass is 16.5. The average molecular weight is 546 g/mol. The van der Waals surface area contributed by atoms with Crippen molar-refractivity contribution in [3.8, 4) is 11.5 Å². The molecule has 6 heteroatoms. The number of benzene rings is 4. The third kappa shape index (κ3) is 5.46. The summed E-state index contributed by atoms with van der Waals surface area (Å²) in [6, 6.07) is 31.7. The van der Waals surface area contributed by atoms with Crippen LogP contribution in [0.25, 0.3) is 5.76 Å². The molecule has 2 aliphatic heterocycles. The van der Waals surface area contributed by atoms with Gasteiger partial charge in [-0.25, -0.2) is 0 Å². The maximum Gasteiger partial charge on any atom is 0.295 e. The Morgan fingerprint density at radius 3 is 2.39 bits per heavy atom. The van der Waals surface area contributed by atoms with Crippen LogP contribution in [0.3, 0.4) is 0 Å². The SMILES string of the molecule is C[C@@H]1Cc2cc(/C(O)=C3\C(=O)C(=O)N(CCc4ccccc4)[C@H]3c3cccc(OCc4ccccc4)c3)ccc2O1. The van der Waals surface area contributed by atoms with Crippen molar-refractivity contribution in [2.75, 3.05) is 6.54 Å². The smallest absolute Gasteiger partial charge is 0.295 e. The van der Waals surface area contributed by atoms with Gasteiger partial charge >= 0.3 is 0 Å². The Morgan fingerprint density at radius 2 is 1.63 bits per heavy atom. The van der Waals surface area contributed by atoms with Crippen molar-refractivity contribution >= 4 is 17.4 Å². The molecule has 6 nitrogen and oxygen atoms in total. The Bertz CT molecular complexity index is 1610. The van der Waals surface area contributed by atoms with E-state index in [9.17, 15) is 14.7 Å². The van der Waals surface area contributed by atoms with E-state index in [4.69, 9.17) is 9.47 Å². The van der Waals surface area contributed by atoms with Gasteiger partial charge in [-0.1, -0.05) is 72.8 Å². The molecule has 0 radical (unpaired) electrons. The minimum atomic E-state index is -0.762. The predicted molar refractivity (Wildman–Crippen MR) is 157 cm³/mol. The Morgan fingerprint density at radius 1 is 0.902 bits per heavy atom. The highest BCUT2D eigenvalue weighted by Gasteiger charge is 2.46. The van der Waals surface area contributed by atoms with E-state index in [1.807, 2.05) is 104 Å². The molecule has 4 aromatic rings. The zero-order valence-electron chi connectivity index (χ0n) is 22.8. The summed E-state index contributed by atoms with van der Waals surface area (Å²) < 4.78 is 11.9. The first-order valence-electron chi connectivity index (χ1n) is 13.9. The topological polar surface area (TPSA) is 76.1 Å². The van der Waals surface area contributed by atoms with Gasteiger partial charge < -0.3 is 19.5 Å². The molecular formula is C35H31NO5. The molecular weight excluding hydrogens is 514 g/mol. The summed E-state index contributed by atoms with van der Waals surface area (Å²) in [6.45, 7) is 2.69. The first-order valence-corrected chi connectivity index (χ1v) is 13.9. The highest BCUT2D eigenvalue weighted by molar-refractivity contribution is 6.46. The maximum absolute atomic E-state index is 13.5. The molecule has 1 saturated heterocycles. The third-order valence-corrected chi connectivity index (χ3v) is 7.62. The lowest BCUT2D eigenvalue weighted by Gasteiger charge is -2.26. The molecule has 2 heterocycles. The summed E-state index contributed by atoms with van der Waals surface area (Å²) in [5.41, 5.74) is 4.32. The zero-order chi connectivity index (χ0) is 28.3. The molecule has 0 saturated carbocycles. The summed E-state index contributed by atoms with van der Waals surface area (Å²) >= 11 is 0. The number of amides is 1. The number of aliphatic hydroxyl groups excluding tert-OH is 1. The Labute approximate surface area is 239 Å². The first-order chi connectivity index (χ1) is 20.0. The van der Waals surface area contributed by atoms with Crippen LogP contribution in [-0.4, -0.2) is 34.3 Å². The minimum absolute atomic E-state index is 0.0459. The molecule has 2 aliphatic rings. The van der Waals surface area contributed by atoms with Crippen LogP contribution < -0.4 is 9.47 Å². The molecule has 41 heavy (non-hydrogen) atoms. The van der Waals surface area contributed by atoms with Gasteiger partial charge in [0.1, 0.15) is 30.0 Å². The van der Waals surface area contributed by atoms with E-state index < -0.39 is 17.7 Å². The standard InChI is InChI=1S/C35H31NO5/c1-23-19-28-20-27(15-16-30(28)41-23)33(37)31-32(36(35(39)34(31)38)18-17-24-9-4-2-5-10-24)26-13-8-14-29(21-26)40-22-25-11-6-3-7-12-25/h2-16,20-21,23,32,37H,17-19,22H2,1H3/b33-31+/t23-,32+/m1/s1. The van der Waals surface area contributed by atoms with E-state index >= 15 is 0 Å². The monoisotopic (exact) mass is 545 g/mol. The molecule has 1 fully saturated rings. The summed E-state index contributed by atoms with van der Waals surface area (Å²) in [7, 11) is 0. The van der Waals surface area contributed by atoms with Crippen molar-refractivity contribution in [3.63, 3.8) is 0 Å². The van der Waals surface area contributed by atoms with Crippen LogP contribution >= 0.6 is 0 Å². The van der Waals surface area contributed by atoms with E-state index in [2.05, 4.69) is 0 Å². The van der Waals surface area contributed by atoms with Crippen LogP contribution in [-0.2, 0) is 29.0 Å². The minimum Gasteiger partial charge on any atom is -0.507 e. The summed E-state index contributed by atoms with van der Waals surface area (Å²) in [4.78, 5) is 28.6. The van der Waals surface area contributed by atoms with Gasteiger partial charge in [0.25, 0.3) is 11.7 Å². The van der Waals surface area contributed by atoms with Crippen molar-refractivity contribution in [1.82, 2.24) is 4.90 Å². The number of Topliss-reactive ketones (excluding diaryl/α,β-unsaturated/α-hetero) is 1. The summed E-state index contributed by atoms with van der Waals surface area (Å²) in [5, 5.41) is 11.6. The van der Waals surface area contributed by atoms with Crippen LogP contribution in [0, 0.1) is 0 Å². The van der Waals surface area contributed by atoms with Crippen LogP contribution in [0.1, 0.15) is 40.8 Å². The van der Waals surface area contributed by atoms with Crippen LogP contribution in [0.5, 0.6) is 11.5 Å². The second-order valence-electron chi connectivity index (χ2n) is 10.5. The van der Waals surface area contributed by atoms with Crippen molar-refractivity contribution in [1.29, 1.82) is 0 Å². The van der Waals surface area contributed by atoms with E-state index in [1.165, 1.54) is 0 Å². The number of rotatable bonds is 8. The molecule has 206 valence electrons. The van der Waals surface area contributed by atoms with E-state index in [1.54, 1.807) is 11.0 Å². The van der Waals surface area contributed by atoms with E-state index in [0.717, 1.165) is 22.4 Å². The van der Waals surface area contributed by atoms with E-state index in [0.29, 0.717) is 42.9 Å². The lowest BCUT2D eigenvalue weighted by Crippen LogP contribution is -2.31. The molecule has 1 N–H and O–H groups in total. The number of hydrogen-bond donors (Lipinski definition) is 1. The van der Waals surface area contributed by atoms with Crippen molar-refractivity contribution in [2.45, 2.75) is 38.5 Å². The molecule has 0 aliphatic carbocycles. The van der Waals surface area contributed by atoms with Crippen LogP contribution in [0.4, 0.5) is 0 Å². The Hall–Kier alpha value is -4.84. The number of ketones is 1. The fourth-order valence-corrected chi connectivity index (χ4v) is 5.59. The lowest BCUT2D eigenvalue weighted by atomic mass is 9.94. The number of carbonyl (C=O) groups is 2. The second kappa shape index (κ2) is 11.3. The lowest BCUT2D eigenvalue weighted by molar-refractivity contribution is -0.139. The van der Waals surface area contributed by atoms with Gasteiger partial charge in [-0.2, -0.15) is 0 Å². The second-order valence-corrected chi connectivity index (χ2v) is 10.5. The molecule has 4 aromatic carbocycles. The van der Waals surface area contributed by atoms with Gasteiger partial charge in [0, 0.05) is 18.5 Å². The van der Waals surface area contributed by atoms with Gasteiger partial charge in [0.15, 0.2) is 0 Å². The van der Waals surface area contributed by atoms with Crippen molar-refractivity contribution in [3.05, 3.63) is 137 Å². The number of aliphatic hydroxyl groups is 1. The number of carbonyl (C=O) groups excluding carboxylic acids is 2. The first kappa shape index (κ1) is 26.4. The third-order valence-electron chi connectivity index (χ3n) is 7.62. The van der Waals surface area contributed by atoms with Gasteiger partial charge in [0.05, 0.1) is 11.6 Å². The number of nitrogens with zero attached hydrogens (tertiary/aromatic N) is 1. The fraction of sp³-hybridized carbons (Fsp3) is 0.200. The number of fused-ring (bicyclic) bond motifs is 1. The molecule has 1 amide bonds. The number of likely N-dealkylation sites (tertiary alicyclic amines) is 1. The molecule has 2 atom stereocenters. The van der Waals surface area contributed by atoms with E-state index in [-0.39, 0.29) is 17.4 Å². The predicted octanol–water partition coefficient (Wildman–Crippen LogP) is 6.25. The van der Waals surface area contributed by atoms with Gasteiger partial charge in [-0.3, -0.25) is 9.59 Å². The fourth-order valence-electron chi connectivity index (χ4n) is 5.59. The van der Waals surface area contributed by atoms with Crippen molar-refractivity contribution in [2.24, 2.45) is 0 Å². The molecule has 0 bridgehead atoms. The summed E-state index contributed by atoms with van der Waals surface area (Å²) in [5.74, 6) is -0.114. The maximum atomic E-state index is 13.5. The summed E-state index contributed by atoms with van der Waals surface area (Å²) in [6.07, 6.45) is 1.33. The molecule has 0 spiro atoms. The van der Waals surface area contributed by atoms with Crippen LogP contribution in [0.2, 0.25) is 0 Å². The molecule has 0 unspecified atom stereocenters.